The van der Waals surface area contributed by atoms with Crippen molar-refractivity contribution in [3.8, 4) is 5.75 Å². The minimum Gasteiger partial charge on any atom is -0.503 e. The number of carbonyl (C=O) groups excluding carboxylic acids is 2. The highest BCUT2D eigenvalue weighted by Crippen LogP contribution is 2.40. The Morgan fingerprint density at radius 3 is 2.61 bits per heavy atom. The van der Waals surface area contributed by atoms with Crippen LogP contribution in [-0.4, -0.2) is 60.9 Å². The lowest BCUT2D eigenvalue weighted by Gasteiger charge is -2.27. The highest BCUT2D eigenvalue weighted by atomic mass is 35.5. The molecule has 2 aromatic carbocycles. The predicted molar refractivity (Wildman–Crippen MR) is 126 cm³/mol. The zero-order valence-electron chi connectivity index (χ0n) is 18.7. The third-order valence-corrected chi connectivity index (χ3v) is 5.88. The van der Waals surface area contributed by atoms with Crippen molar-refractivity contribution in [1.82, 2.24) is 9.80 Å². The van der Waals surface area contributed by atoms with Crippen molar-refractivity contribution in [2.24, 2.45) is 0 Å². The molecule has 0 saturated heterocycles. The Hall–Kier alpha value is -3.29. The second-order valence-corrected chi connectivity index (χ2v) is 8.63. The maximum absolute atomic E-state index is 13.6. The van der Waals surface area contributed by atoms with Crippen molar-refractivity contribution in [1.29, 1.82) is 0 Å². The van der Waals surface area contributed by atoms with Crippen molar-refractivity contribution < 1.29 is 23.8 Å². The Morgan fingerprint density at radius 2 is 1.94 bits per heavy atom. The summed E-state index contributed by atoms with van der Waals surface area (Å²) in [4.78, 5) is 30.2. The first kappa shape index (κ1) is 22.9. The number of hydrogen-bond acceptors (Lipinski definition) is 6. The number of rotatable bonds is 8. The van der Waals surface area contributed by atoms with E-state index in [4.69, 9.17) is 20.8 Å². The van der Waals surface area contributed by atoms with Crippen LogP contribution in [0.5, 0.6) is 5.75 Å². The fourth-order valence-electron chi connectivity index (χ4n) is 4.14. The van der Waals surface area contributed by atoms with Gasteiger partial charge in [0.2, 0.25) is 5.78 Å². The molecule has 0 aliphatic carbocycles. The van der Waals surface area contributed by atoms with Crippen LogP contribution in [0.2, 0.25) is 5.02 Å². The second kappa shape index (κ2) is 9.29. The van der Waals surface area contributed by atoms with Crippen molar-refractivity contribution in [2.45, 2.75) is 12.5 Å². The first-order valence-corrected chi connectivity index (χ1v) is 10.9. The maximum Gasteiger partial charge on any atom is 0.290 e. The van der Waals surface area contributed by atoms with E-state index in [-0.39, 0.29) is 11.3 Å². The number of Topliss-reactive ketones (excluding diaryl/α,β-unsaturated/α-hetero) is 1. The summed E-state index contributed by atoms with van der Waals surface area (Å²) in [5.74, 6) is -1.29. The Kier molecular flexibility index (Phi) is 6.44. The molecule has 172 valence electrons. The van der Waals surface area contributed by atoms with Gasteiger partial charge in [-0.2, -0.15) is 0 Å². The second-order valence-electron chi connectivity index (χ2n) is 8.20. The van der Waals surface area contributed by atoms with Gasteiger partial charge in [-0.1, -0.05) is 41.9 Å². The highest BCUT2D eigenvalue weighted by molar-refractivity contribution is 6.31. The van der Waals surface area contributed by atoms with E-state index in [9.17, 15) is 14.7 Å². The van der Waals surface area contributed by atoms with E-state index in [0.29, 0.717) is 34.7 Å². The molecule has 0 bridgehead atoms. The Balaban J connectivity index is 1.76. The summed E-state index contributed by atoms with van der Waals surface area (Å²) in [6.45, 7) is 1.15. The van der Waals surface area contributed by atoms with Gasteiger partial charge in [-0.3, -0.25) is 9.59 Å². The summed E-state index contributed by atoms with van der Waals surface area (Å²) in [6, 6.07) is 13.3. The number of aliphatic hydroxyl groups excluding tert-OH is 1. The van der Waals surface area contributed by atoms with Crippen LogP contribution in [0.1, 0.15) is 28.6 Å². The zero-order valence-corrected chi connectivity index (χ0v) is 19.4. The molecule has 33 heavy (non-hydrogen) atoms. The molecule has 1 unspecified atom stereocenters. The average molecular weight is 469 g/mol. The number of ketones is 1. The molecule has 1 atom stereocenters. The molecule has 0 fully saturated rings. The number of methoxy groups -OCH3 is 1. The molecule has 2 heterocycles. The first-order chi connectivity index (χ1) is 15.8. The number of ether oxygens (including phenoxy) is 1. The van der Waals surface area contributed by atoms with Crippen molar-refractivity contribution in [3.63, 3.8) is 0 Å². The summed E-state index contributed by atoms with van der Waals surface area (Å²) in [7, 11) is 5.39. The molecule has 8 heteroatoms. The number of amides is 1. The monoisotopic (exact) mass is 468 g/mol. The SMILES string of the molecule is COc1cc(Cl)cc2cc(C(=O)C3=C(O)C(=O)N(CCCN(C)C)C3c3ccccc3)oc12. The molecule has 3 aromatic rings. The molecule has 0 radical (unpaired) electrons. The largest absolute Gasteiger partial charge is 0.503 e. The summed E-state index contributed by atoms with van der Waals surface area (Å²) in [5, 5.41) is 11.8. The van der Waals surface area contributed by atoms with E-state index >= 15 is 0 Å². The topological polar surface area (TPSA) is 83.2 Å². The van der Waals surface area contributed by atoms with Gasteiger partial charge in [-0.05, 0) is 44.8 Å². The van der Waals surface area contributed by atoms with Gasteiger partial charge < -0.3 is 24.1 Å². The Morgan fingerprint density at radius 1 is 1.21 bits per heavy atom. The normalized spacial score (nSPS) is 16.3. The molecule has 4 rings (SSSR count). The van der Waals surface area contributed by atoms with Crippen LogP contribution in [0.4, 0.5) is 0 Å². The van der Waals surface area contributed by atoms with E-state index in [2.05, 4.69) is 0 Å². The zero-order chi connectivity index (χ0) is 23.7. The van der Waals surface area contributed by atoms with Gasteiger partial charge >= 0.3 is 0 Å². The van der Waals surface area contributed by atoms with Gasteiger partial charge in [0, 0.05) is 23.0 Å². The first-order valence-electron chi connectivity index (χ1n) is 10.6. The molecular weight excluding hydrogens is 444 g/mol. The minimum absolute atomic E-state index is 0.000160. The van der Waals surface area contributed by atoms with Gasteiger partial charge in [0.25, 0.3) is 5.91 Å². The van der Waals surface area contributed by atoms with Crippen molar-refractivity contribution in [3.05, 3.63) is 76.2 Å². The molecule has 1 aliphatic heterocycles. The van der Waals surface area contributed by atoms with E-state index < -0.39 is 23.5 Å². The van der Waals surface area contributed by atoms with Gasteiger partial charge in [0.1, 0.15) is 0 Å². The van der Waals surface area contributed by atoms with E-state index in [0.717, 1.165) is 12.1 Å². The smallest absolute Gasteiger partial charge is 0.290 e. The lowest BCUT2D eigenvalue weighted by molar-refractivity contribution is -0.129. The lowest BCUT2D eigenvalue weighted by atomic mass is 9.95. The highest BCUT2D eigenvalue weighted by Gasteiger charge is 2.44. The number of carbonyl (C=O) groups is 2. The van der Waals surface area contributed by atoms with Crippen LogP contribution in [0.15, 0.2) is 64.3 Å². The van der Waals surface area contributed by atoms with Crippen molar-refractivity contribution >= 4 is 34.3 Å². The molecule has 1 amide bonds. The summed E-state index contributed by atoms with van der Waals surface area (Å²) >= 11 is 6.14. The quantitative estimate of drug-likeness (QED) is 0.485. The van der Waals surface area contributed by atoms with Crippen LogP contribution in [-0.2, 0) is 4.79 Å². The van der Waals surface area contributed by atoms with Gasteiger partial charge in [0.15, 0.2) is 22.9 Å². The third kappa shape index (κ3) is 4.34. The lowest BCUT2D eigenvalue weighted by Crippen LogP contribution is -2.33. The number of aliphatic hydroxyl groups is 1. The number of hydrogen-bond donors (Lipinski definition) is 1. The van der Waals surface area contributed by atoms with Gasteiger partial charge in [0.05, 0.1) is 18.7 Å². The van der Waals surface area contributed by atoms with E-state index in [1.165, 1.54) is 7.11 Å². The summed E-state index contributed by atoms with van der Waals surface area (Å²) in [6.07, 6.45) is 0.692. The van der Waals surface area contributed by atoms with Crippen LogP contribution >= 0.6 is 11.6 Å². The fraction of sp³-hybridized carbons (Fsp3) is 0.280. The maximum atomic E-state index is 13.6. The molecular formula is C25H25ClN2O5. The van der Waals surface area contributed by atoms with E-state index in [1.54, 1.807) is 23.1 Å². The van der Waals surface area contributed by atoms with Crippen LogP contribution in [0.25, 0.3) is 11.0 Å². The van der Waals surface area contributed by atoms with Crippen LogP contribution in [0.3, 0.4) is 0 Å². The number of fused-ring (bicyclic) bond motifs is 1. The molecule has 0 saturated carbocycles. The standard InChI is InChI=1S/C25H25ClN2O5/c1-27(2)10-7-11-28-21(15-8-5-4-6-9-15)20(23(30)25(28)31)22(29)18-13-16-12-17(26)14-19(32-3)24(16)33-18/h4-6,8-9,12-14,21,30H,7,10-11H2,1-3H3. The van der Waals surface area contributed by atoms with Crippen LogP contribution < -0.4 is 4.74 Å². The number of halogens is 1. The van der Waals surface area contributed by atoms with Crippen molar-refractivity contribution in [2.75, 3.05) is 34.3 Å². The Bertz CT molecular complexity index is 1230. The molecule has 1 N–H and O–H groups in total. The summed E-state index contributed by atoms with van der Waals surface area (Å²) < 4.78 is 11.1. The average Bonchev–Trinajstić information content (AvgIpc) is 3.33. The number of nitrogens with zero attached hydrogens (tertiary/aromatic N) is 2. The predicted octanol–water partition coefficient (Wildman–Crippen LogP) is 4.62. The molecule has 0 spiro atoms. The fourth-order valence-corrected chi connectivity index (χ4v) is 4.35. The third-order valence-electron chi connectivity index (χ3n) is 5.66. The number of furan rings is 1. The molecule has 1 aromatic heterocycles. The van der Waals surface area contributed by atoms with Gasteiger partial charge in [-0.15, -0.1) is 0 Å². The Labute approximate surface area is 196 Å². The minimum atomic E-state index is -0.716. The van der Waals surface area contributed by atoms with Crippen LogP contribution in [0, 0.1) is 0 Å². The molecule has 1 aliphatic rings. The number of benzene rings is 2. The summed E-state index contributed by atoms with van der Waals surface area (Å²) in [5.41, 5.74) is 1.11. The van der Waals surface area contributed by atoms with E-state index in [1.807, 2.05) is 49.3 Å². The van der Waals surface area contributed by atoms with Gasteiger partial charge in [-0.25, -0.2) is 0 Å². The molecule has 7 nitrogen and oxygen atoms in total.